The van der Waals surface area contributed by atoms with Gasteiger partial charge in [0.15, 0.2) is 0 Å². The molecule has 17 heavy (non-hydrogen) atoms. The summed E-state index contributed by atoms with van der Waals surface area (Å²) in [5.74, 6) is 0.338. The van der Waals surface area contributed by atoms with Gasteiger partial charge in [0, 0.05) is 16.3 Å². The van der Waals surface area contributed by atoms with Crippen molar-refractivity contribution in [2.75, 3.05) is 5.73 Å². The Labute approximate surface area is 104 Å². The van der Waals surface area contributed by atoms with E-state index >= 15 is 0 Å². The summed E-state index contributed by atoms with van der Waals surface area (Å²) in [5.41, 5.74) is 6.83. The molecule has 0 radical (unpaired) electrons. The molecule has 0 bridgehead atoms. The number of hydrogen-bond acceptors (Lipinski definition) is 2. The second-order valence-corrected chi connectivity index (χ2v) is 4.00. The average molecular weight is 252 g/mol. The highest BCUT2D eigenvalue weighted by atomic mass is 35.5. The van der Waals surface area contributed by atoms with E-state index in [1.165, 1.54) is 18.2 Å². The zero-order valence-corrected chi connectivity index (χ0v) is 9.75. The van der Waals surface area contributed by atoms with Crippen LogP contribution in [0.4, 0.5) is 10.1 Å². The van der Waals surface area contributed by atoms with Crippen molar-refractivity contribution >= 4 is 17.3 Å². The fourth-order valence-corrected chi connectivity index (χ4v) is 1.55. The van der Waals surface area contributed by atoms with Gasteiger partial charge in [-0.1, -0.05) is 11.6 Å². The van der Waals surface area contributed by atoms with E-state index in [1.54, 1.807) is 24.3 Å². The molecule has 0 aliphatic carbocycles. The van der Waals surface area contributed by atoms with Crippen LogP contribution in [0.25, 0.3) is 0 Å². The standard InChI is InChI=1S/C13H11ClFNO/c14-13-6-1-10(15)7-9(13)8-17-12-4-2-11(16)3-5-12/h1-7H,8,16H2. The molecule has 0 amide bonds. The molecule has 0 aliphatic heterocycles. The average Bonchev–Trinajstić information content (AvgIpc) is 2.32. The zero-order valence-electron chi connectivity index (χ0n) is 8.99. The van der Waals surface area contributed by atoms with E-state index in [2.05, 4.69) is 0 Å². The van der Waals surface area contributed by atoms with Crippen LogP contribution in [0.5, 0.6) is 5.75 Å². The van der Waals surface area contributed by atoms with Gasteiger partial charge in [-0.3, -0.25) is 0 Å². The van der Waals surface area contributed by atoms with Crippen LogP contribution in [-0.2, 0) is 6.61 Å². The minimum absolute atomic E-state index is 0.223. The maximum Gasteiger partial charge on any atom is 0.123 e. The molecular weight excluding hydrogens is 241 g/mol. The molecule has 0 saturated heterocycles. The Bertz CT molecular complexity index is 513. The van der Waals surface area contributed by atoms with E-state index in [0.717, 1.165) is 0 Å². The number of hydrogen-bond donors (Lipinski definition) is 1. The summed E-state index contributed by atoms with van der Waals surface area (Å²) in [4.78, 5) is 0. The van der Waals surface area contributed by atoms with Crippen molar-refractivity contribution in [3.63, 3.8) is 0 Å². The first kappa shape index (κ1) is 11.7. The van der Waals surface area contributed by atoms with E-state index in [4.69, 9.17) is 22.1 Å². The first-order valence-corrected chi connectivity index (χ1v) is 5.45. The van der Waals surface area contributed by atoms with Crippen molar-refractivity contribution in [1.29, 1.82) is 0 Å². The van der Waals surface area contributed by atoms with Gasteiger partial charge in [-0.15, -0.1) is 0 Å². The summed E-state index contributed by atoms with van der Waals surface area (Å²) in [5, 5.41) is 0.488. The quantitative estimate of drug-likeness (QED) is 0.846. The van der Waals surface area contributed by atoms with Crippen LogP contribution in [0.2, 0.25) is 5.02 Å². The third-order valence-corrected chi connectivity index (χ3v) is 2.65. The summed E-state index contributed by atoms with van der Waals surface area (Å²) in [6, 6.07) is 11.2. The molecular formula is C13H11ClFNO. The monoisotopic (exact) mass is 251 g/mol. The fraction of sp³-hybridized carbons (Fsp3) is 0.0769. The molecule has 4 heteroatoms. The van der Waals surface area contributed by atoms with Crippen molar-refractivity contribution in [2.24, 2.45) is 0 Å². The highest BCUT2D eigenvalue weighted by Gasteiger charge is 2.03. The van der Waals surface area contributed by atoms with Crippen LogP contribution in [0.3, 0.4) is 0 Å². The van der Waals surface area contributed by atoms with Crippen LogP contribution < -0.4 is 10.5 Å². The van der Waals surface area contributed by atoms with Crippen LogP contribution in [0.15, 0.2) is 42.5 Å². The summed E-state index contributed by atoms with van der Waals surface area (Å²) in [7, 11) is 0. The van der Waals surface area contributed by atoms with E-state index in [1.807, 2.05) is 0 Å². The van der Waals surface area contributed by atoms with Crippen LogP contribution in [-0.4, -0.2) is 0 Å². The highest BCUT2D eigenvalue weighted by molar-refractivity contribution is 6.31. The van der Waals surface area contributed by atoms with Gasteiger partial charge in [0.25, 0.3) is 0 Å². The summed E-state index contributed by atoms with van der Waals surface area (Å²) in [6.45, 7) is 0.223. The molecule has 88 valence electrons. The minimum Gasteiger partial charge on any atom is -0.489 e. The first-order chi connectivity index (χ1) is 8.15. The molecule has 0 aliphatic rings. The lowest BCUT2D eigenvalue weighted by Crippen LogP contribution is -1.97. The van der Waals surface area contributed by atoms with Gasteiger partial charge in [-0.05, 0) is 42.5 Å². The summed E-state index contributed by atoms with van der Waals surface area (Å²) in [6.07, 6.45) is 0. The maximum absolute atomic E-state index is 13.0. The summed E-state index contributed by atoms with van der Waals surface area (Å²) < 4.78 is 18.5. The molecule has 0 heterocycles. The van der Waals surface area contributed by atoms with Gasteiger partial charge in [0.1, 0.15) is 18.2 Å². The molecule has 0 aromatic heterocycles. The Kier molecular flexibility index (Phi) is 3.49. The number of anilines is 1. The number of nitrogen functional groups attached to an aromatic ring is 1. The van der Waals surface area contributed by atoms with Gasteiger partial charge >= 0.3 is 0 Å². The van der Waals surface area contributed by atoms with E-state index < -0.39 is 0 Å². The van der Waals surface area contributed by atoms with E-state index in [9.17, 15) is 4.39 Å². The van der Waals surface area contributed by atoms with Crippen molar-refractivity contribution in [1.82, 2.24) is 0 Å². The van der Waals surface area contributed by atoms with Crippen molar-refractivity contribution in [3.8, 4) is 5.75 Å². The molecule has 2 nitrogen and oxygen atoms in total. The van der Waals surface area contributed by atoms with Gasteiger partial charge in [0.2, 0.25) is 0 Å². The molecule has 0 saturated carbocycles. The first-order valence-electron chi connectivity index (χ1n) is 5.07. The van der Waals surface area contributed by atoms with Crippen LogP contribution >= 0.6 is 11.6 Å². The maximum atomic E-state index is 13.0. The number of rotatable bonds is 3. The molecule has 2 aromatic rings. The Hall–Kier alpha value is -1.74. The molecule has 2 aromatic carbocycles. The molecule has 0 unspecified atom stereocenters. The van der Waals surface area contributed by atoms with Crippen LogP contribution in [0, 0.1) is 5.82 Å². The molecule has 0 spiro atoms. The van der Waals surface area contributed by atoms with E-state index in [0.29, 0.717) is 22.0 Å². The lowest BCUT2D eigenvalue weighted by molar-refractivity contribution is 0.305. The van der Waals surface area contributed by atoms with Gasteiger partial charge in [-0.2, -0.15) is 0 Å². The molecule has 2 N–H and O–H groups in total. The number of halogens is 2. The topological polar surface area (TPSA) is 35.2 Å². The Balaban J connectivity index is 2.07. The SMILES string of the molecule is Nc1ccc(OCc2cc(F)ccc2Cl)cc1. The van der Waals surface area contributed by atoms with Gasteiger partial charge in [0.05, 0.1) is 0 Å². The third-order valence-electron chi connectivity index (χ3n) is 2.28. The Morgan fingerprint density at radius 2 is 1.82 bits per heavy atom. The fourth-order valence-electron chi connectivity index (χ4n) is 1.38. The molecule has 2 rings (SSSR count). The number of benzene rings is 2. The van der Waals surface area contributed by atoms with Crippen LogP contribution in [0.1, 0.15) is 5.56 Å². The van der Waals surface area contributed by atoms with Gasteiger partial charge < -0.3 is 10.5 Å². The number of nitrogens with two attached hydrogens (primary N) is 1. The van der Waals surface area contributed by atoms with E-state index in [-0.39, 0.29) is 12.4 Å². The number of ether oxygens (including phenoxy) is 1. The van der Waals surface area contributed by atoms with Crippen molar-refractivity contribution in [3.05, 3.63) is 58.9 Å². The third kappa shape index (κ3) is 3.11. The smallest absolute Gasteiger partial charge is 0.123 e. The molecule has 0 atom stereocenters. The van der Waals surface area contributed by atoms with Crippen molar-refractivity contribution < 1.29 is 9.13 Å². The highest BCUT2D eigenvalue weighted by Crippen LogP contribution is 2.20. The lowest BCUT2D eigenvalue weighted by atomic mass is 10.2. The Morgan fingerprint density at radius 1 is 1.12 bits per heavy atom. The predicted octanol–water partition coefficient (Wildman–Crippen LogP) is 3.64. The Morgan fingerprint density at radius 3 is 2.53 bits per heavy atom. The molecule has 0 fully saturated rings. The minimum atomic E-state index is -0.328. The summed E-state index contributed by atoms with van der Waals surface area (Å²) >= 11 is 5.92. The largest absolute Gasteiger partial charge is 0.489 e. The zero-order chi connectivity index (χ0) is 12.3. The lowest BCUT2D eigenvalue weighted by Gasteiger charge is -2.08. The normalized spacial score (nSPS) is 10.2. The second-order valence-electron chi connectivity index (χ2n) is 3.59. The predicted molar refractivity (Wildman–Crippen MR) is 66.6 cm³/mol. The van der Waals surface area contributed by atoms with Crippen molar-refractivity contribution in [2.45, 2.75) is 6.61 Å². The van der Waals surface area contributed by atoms with Gasteiger partial charge in [-0.25, -0.2) is 4.39 Å². The second kappa shape index (κ2) is 5.06.